The van der Waals surface area contributed by atoms with Gasteiger partial charge >= 0.3 is 12.0 Å². The largest absolute Gasteiger partial charge is 0.490 e. The van der Waals surface area contributed by atoms with Crippen LogP contribution in [-0.2, 0) is 11.3 Å². The second-order valence-electron chi connectivity index (χ2n) is 12.8. The van der Waals surface area contributed by atoms with Crippen LogP contribution in [0.15, 0.2) is 66.7 Å². The summed E-state index contributed by atoms with van der Waals surface area (Å²) in [6.45, 7) is 7.44. The average molecular weight is 679 g/mol. The van der Waals surface area contributed by atoms with E-state index in [-0.39, 0.29) is 48.3 Å². The van der Waals surface area contributed by atoms with E-state index in [1.54, 1.807) is 54.3 Å². The third-order valence-electron chi connectivity index (χ3n) is 8.56. The SMILES string of the molecule is C[C@@H]1CN([C@@H](C)CO)C(=O)c2cc(NC(=O)Nc3ccc(F)cc3)ccc2O[C@@H](C)CCCCO[C@@H]1CN(C)Cc1ccc(C(=O)O)cc1. The van der Waals surface area contributed by atoms with Gasteiger partial charge in [0.15, 0.2) is 0 Å². The van der Waals surface area contributed by atoms with Gasteiger partial charge in [0, 0.05) is 43.5 Å². The highest BCUT2D eigenvalue weighted by atomic mass is 19.1. The van der Waals surface area contributed by atoms with Crippen molar-refractivity contribution in [3.63, 3.8) is 0 Å². The zero-order chi connectivity index (χ0) is 35.5. The maximum absolute atomic E-state index is 14.3. The van der Waals surface area contributed by atoms with Gasteiger partial charge < -0.3 is 35.2 Å². The molecule has 4 atom stereocenters. The van der Waals surface area contributed by atoms with Crippen molar-refractivity contribution in [3.8, 4) is 5.75 Å². The molecule has 0 radical (unpaired) electrons. The fraction of sp³-hybridized carbons (Fsp3) is 0.432. The second-order valence-corrected chi connectivity index (χ2v) is 12.8. The number of nitrogens with zero attached hydrogens (tertiary/aromatic N) is 2. The molecule has 4 rings (SSSR count). The van der Waals surface area contributed by atoms with Crippen molar-refractivity contribution in [2.24, 2.45) is 5.92 Å². The number of nitrogens with one attached hydrogen (secondary N) is 2. The molecular weight excluding hydrogens is 631 g/mol. The highest BCUT2D eigenvalue weighted by Gasteiger charge is 2.30. The van der Waals surface area contributed by atoms with Crippen LogP contribution >= 0.6 is 0 Å². The maximum Gasteiger partial charge on any atom is 0.335 e. The minimum atomic E-state index is -0.971. The van der Waals surface area contributed by atoms with Crippen LogP contribution in [0.3, 0.4) is 0 Å². The molecule has 0 unspecified atom stereocenters. The topological polar surface area (TPSA) is 141 Å². The van der Waals surface area contributed by atoms with Gasteiger partial charge in [-0.3, -0.25) is 9.69 Å². The summed E-state index contributed by atoms with van der Waals surface area (Å²) in [5.41, 5.74) is 2.20. The van der Waals surface area contributed by atoms with Crippen molar-refractivity contribution in [2.75, 3.05) is 44.0 Å². The van der Waals surface area contributed by atoms with Crippen LogP contribution in [0.5, 0.6) is 5.75 Å². The lowest BCUT2D eigenvalue weighted by Crippen LogP contribution is -2.47. The number of halogens is 1. The first-order chi connectivity index (χ1) is 23.4. The molecule has 0 aliphatic carbocycles. The number of benzene rings is 3. The maximum atomic E-state index is 14.3. The van der Waals surface area contributed by atoms with Gasteiger partial charge in [0.2, 0.25) is 0 Å². The normalized spacial score (nSPS) is 19.7. The molecule has 3 aromatic rings. The van der Waals surface area contributed by atoms with Gasteiger partial charge in [-0.25, -0.2) is 14.0 Å². The summed E-state index contributed by atoms with van der Waals surface area (Å²) in [6.07, 6.45) is 1.97. The molecule has 12 heteroatoms. The highest BCUT2D eigenvalue weighted by Crippen LogP contribution is 2.29. The van der Waals surface area contributed by atoms with Crippen LogP contribution in [0.4, 0.5) is 20.6 Å². The van der Waals surface area contributed by atoms with Gasteiger partial charge in [-0.1, -0.05) is 19.1 Å². The first-order valence-corrected chi connectivity index (χ1v) is 16.6. The van der Waals surface area contributed by atoms with Crippen LogP contribution in [0, 0.1) is 11.7 Å². The molecular formula is C37H47FN4O7. The standard InChI is InChI=1S/C37H47FN4O7/c1-24-20-42(25(2)23-43)35(44)32-19-31(40-37(47)39-30-14-12-29(38)13-15-30)16-17-33(32)49-26(3)7-5-6-18-48-34(24)22-41(4)21-27-8-10-28(11-9-27)36(45)46/h8-17,19,24-26,34,43H,5-7,18,20-23H2,1-4H3,(H,45,46)(H2,39,40,47)/t24-,25+,26+,34-/m1/s1. The molecule has 0 saturated heterocycles. The number of fused-ring (bicyclic) bond motifs is 1. The number of carbonyl (C=O) groups excluding carboxylic acids is 2. The van der Waals surface area contributed by atoms with Gasteiger partial charge in [0.1, 0.15) is 11.6 Å². The van der Waals surface area contributed by atoms with E-state index in [0.717, 1.165) is 24.8 Å². The average Bonchev–Trinajstić information content (AvgIpc) is 3.07. The summed E-state index contributed by atoms with van der Waals surface area (Å²) >= 11 is 0. The van der Waals surface area contributed by atoms with Gasteiger partial charge in [0.25, 0.3) is 5.91 Å². The molecule has 3 amide bonds. The fourth-order valence-electron chi connectivity index (χ4n) is 5.73. The first-order valence-electron chi connectivity index (χ1n) is 16.6. The molecule has 49 heavy (non-hydrogen) atoms. The Labute approximate surface area is 287 Å². The number of carboxylic acid groups (broad SMARTS) is 1. The van der Waals surface area contributed by atoms with Crippen molar-refractivity contribution in [1.82, 2.24) is 9.80 Å². The van der Waals surface area contributed by atoms with Crippen LogP contribution in [0.2, 0.25) is 0 Å². The lowest BCUT2D eigenvalue weighted by Gasteiger charge is -2.36. The minimum absolute atomic E-state index is 0.135. The molecule has 11 nitrogen and oxygen atoms in total. The number of aliphatic hydroxyl groups is 1. The number of anilines is 2. The number of carboxylic acids is 1. The third-order valence-corrected chi connectivity index (χ3v) is 8.56. The minimum Gasteiger partial charge on any atom is -0.490 e. The monoisotopic (exact) mass is 678 g/mol. The fourth-order valence-corrected chi connectivity index (χ4v) is 5.73. The molecule has 4 N–H and O–H groups in total. The molecule has 0 aromatic heterocycles. The van der Waals surface area contributed by atoms with E-state index >= 15 is 0 Å². The van der Waals surface area contributed by atoms with E-state index in [2.05, 4.69) is 15.5 Å². The number of rotatable bonds is 9. The Bertz CT molecular complexity index is 1550. The van der Waals surface area contributed by atoms with Crippen LogP contribution in [-0.4, -0.2) is 89.5 Å². The third kappa shape index (κ3) is 11.0. The van der Waals surface area contributed by atoms with Gasteiger partial charge in [-0.05, 0) is 100 Å². The Hall–Kier alpha value is -4.52. The molecule has 264 valence electrons. The summed E-state index contributed by atoms with van der Waals surface area (Å²) in [6, 6.07) is 16.0. The zero-order valence-corrected chi connectivity index (χ0v) is 28.5. The Morgan fingerprint density at radius 2 is 1.69 bits per heavy atom. The number of ether oxygens (including phenoxy) is 2. The van der Waals surface area contributed by atoms with Gasteiger partial charge in [-0.15, -0.1) is 0 Å². The second kappa shape index (κ2) is 17.8. The van der Waals surface area contributed by atoms with Crippen molar-refractivity contribution < 1.29 is 38.5 Å². The Morgan fingerprint density at radius 3 is 2.37 bits per heavy atom. The van der Waals surface area contributed by atoms with Crippen molar-refractivity contribution in [3.05, 3.63) is 89.2 Å². The number of carbonyl (C=O) groups is 3. The first kappa shape index (κ1) is 37.3. The highest BCUT2D eigenvalue weighted by molar-refractivity contribution is 6.02. The number of urea groups is 1. The summed E-state index contributed by atoms with van der Waals surface area (Å²) in [5.74, 6) is -1.51. The lowest BCUT2D eigenvalue weighted by molar-refractivity contribution is -0.0177. The molecule has 1 aliphatic rings. The summed E-state index contributed by atoms with van der Waals surface area (Å²) in [7, 11) is 1.97. The Balaban J connectivity index is 1.56. The summed E-state index contributed by atoms with van der Waals surface area (Å²) in [4.78, 5) is 42.1. The number of likely N-dealkylation sites (N-methyl/N-ethyl adjacent to an activating group) is 1. The van der Waals surface area contributed by atoms with Crippen LogP contribution in [0.25, 0.3) is 0 Å². The molecule has 0 fully saturated rings. The number of hydrogen-bond acceptors (Lipinski definition) is 7. The van der Waals surface area contributed by atoms with Gasteiger partial charge in [0.05, 0.1) is 36.0 Å². The molecule has 1 heterocycles. The van der Waals surface area contributed by atoms with E-state index in [1.165, 1.54) is 24.3 Å². The predicted molar refractivity (Wildman–Crippen MR) is 186 cm³/mol. The summed E-state index contributed by atoms with van der Waals surface area (Å²) in [5, 5.41) is 24.8. The molecule has 3 aromatic carbocycles. The van der Waals surface area contributed by atoms with E-state index in [9.17, 15) is 29.0 Å². The smallest absolute Gasteiger partial charge is 0.335 e. The van der Waals surface area contributed by atoms with E-state index < -0.39 is 23.9 Å². The summed E-state index contributed by atoms with van der Waals surface area (Å²) < 4.78 is 26.0. The lowest BCUT2D eigenvalue weighted by atomic mass is 10.0. The molecule has 0 bridgehead atoms. The predicted octanol–water partition coefficient (Wildman–Crippen LogP) is 6.10. The number of hydrogen-bond donors (Lipinski definition) is 4. The number of aliphatic hydroxyl groups excluding tert-OH is 1. The van der Waals surface area contributed by atoms with Crippen LogP contribution < -0.4 is 15.4 Å². The zero-order valence-electron chi connectivity index (χ0n) is 28.5. The quantitative estimate of drug-likeness (QED) is 0.213. The molecule has 0 spiro atoms. The van der Waals surface area contributed by atoms with Crippen molar-refractivity contribution in [2.45, 2.75) is 64.8 Å². The van der Waals surface area contributed by atoms with Crippen molar-refractivity contribution in [1.29, 1.82) is 0 Å². The Morgan fingerprint density at radius 1 is 1.02 bits per heavy atom. The Kier molecular flexibility index (Phi) is 13.5. The van der Waals surface area contributed by atoms with Gasteiger partial charge in [-0.2, -0.15) is 0 Å². The molecule has 0 saturated carbocycles. The van der Waals surface area contributed by atoms with E-state index in [0.29, 0.717) is 36.8 Å². The molecule has 1 aliphatic heterocycles. The van der Waals surface area contributed by atoms with Crippen LogP contribution in [0.1, 0.15) is 66.3 Å². The number of aromatic carboxylic acids is 1. The van der Waals surface area contributed by atoms with E-state index in [4.69, 9.17) is 9.47 Å². The number of amides is 3. The van der Waals surface area contributed by atoms with E-state index in [1.807, 2.05) is 20.9 Å². The van der Waals surface area contributed by atoms with Crippen molar-refractivity contribution >= 4 is 29.3 Å².